The molecule has 24 heavy (non-hydrogen) atoms. The van der Waals surface area contributed by atoms with Gasteiger partial charge in [0.05, 0.1) is 0 Å². The molecular formula is C15H13F4N3O2. The summed E-state index contributed by atoms with van der Waals surface area (Å²) >= 11 is 0. The molecule has 9 heteroatoms. The third kappa shape index (κ3) is 4.40. The molecule has 1 unspecified atom stereocenters. The molecular weight excluding hydrogens is 330 g/mol. The lowest BCUT2D eigenvalue weighted by molar-refractivity contribution is -0.141. The summed E-state index contributed by atoms with van der Waals surface area (Å²) in [5.74, 6) is -1.64. The van der Waals surface area contributed by atoms with Gasteiger partial charge in [0.1, 0.15) is 11.5 Å². The lowest BCUT2D eigenvalue weighted by Crippen LogP contribution is -2.34. The van der Waals surface area contributed by atoms with Gasteiger partial charge >= 0.3 is 6.18 Å². The van der Waals surface area contributed by atoms with Crippen LogP contribution in [0.4, 0.5) is 17.6 Å². The number of benzene rings is 1. The first-order valence-electron chi connectivity index (χ1n) is 6.89. The van der Waals surface area contributed by atoms with Crippen molar-refractivity contribution in [2.24, 2.45) is 0 Å². The predicted molar refractivity (Wildman–Crippen MR) is 75.9 cm³/mol. The third-order valence-corrected chi connectivity index (χ3v) is 3.15. The van der Waals surface area contributed by atoms with Gasteiger partial charge in [0.2, 0.25) is 0 Å². The van der Waals surface area contributed by atoms with E-state index in [-0.39, 0.29) is 17.8 Å². The van der Waals surface area contributed by atoms with E-state index in [1.54, 1.807) is 5.10 Å². The molecule has 1 aromatic heterocycles. The average molecular weight is 343 g/mol. The van der Waals surface area contributed by atoms with Crippen LogP contribution in [-0.2, 0) is 6.18 Å². The van der Waals surface area contributed by atoms with Crippen LogP contribution in [-0.4, -0.2) is 27.9 Å². The number of hydrogen-bond acceptors (Lipinski definition) is 3. The number of nitrogens with zero attached hydrogens (tertiary/aromatic N) is 1. The molecule has 1 amide bonds. The van der Waals surface area contributed by atoms with Gasteiger partial charge in [-0.2, -0.15) is 18.3 Å². The zero-order valence-corrected chi connectivity index (χ0v) is 12.4. The number of hydrogen-bond donors (Lipinski definition) is 2. The molecule has 5 nitrogen and oxygen atoms in total. The number of alkyl halides is 3. The molecule has 0 saturated heterocycles. The monoisotopic (exact) mass is 343 g/mol. The summed E-state index contributed by atoms with van der Waals surface area (Å²) in [6.07, 6.45) is -4.72. The molecule has 2 rings (SSSR count). The molecule has 0 radical (unpaired) electrons. The smallest absolute Gasteiger partial charge is 0.348 e. The number of amides is 1. The fourth-order valence-corrected chi connectivity index (χ4v) is 1.96. The number of Topliss-reactive ketones (excluding diaryl/α,β-unsaturated/α-hetero) is 1. The molecule has 1 aromatic carbocycles. The molecule has 1 heterocycles. The summed E-state index contributed by atoms with van der Waals surface area (Å²) in [4.78, 5) is 23.8. The van der Waals surface area contributed by atoms with Crippen LogP contribution in [0, 0.1) is 5.82 Å². The maximum absolute atomic E-state index is 12.8. The topological polar surface area (TPSA) is 74.8 Å². The second-order valence-electron chi connectivity index (χ2n) is 5.17. The van der Waals surface area contributed by atoms with E-state index in [4.69, 9.17) is 0 Å². The standard InChI is InChI=1S/C15H13F4N3O2/c1-8(6-12(23)9-2-4-10(16)5-3-9)20-14(24)11-7-13(22-21-11)15(17,18)19/h2-5,7-8H,6H2,1H3,(H,20,24)(H,21,22). The maximum atomic E-state index is 12.8. The van der Waals surface area contributed by atoms with Gasteiger partial charge in [0.25, 0.3) is 5.91 Å². The summed E-state index contributed by atoms with van der Waals surface area (Å²) in [5, 5.41) is 7.42. The van der Waals surface area contributed by atoms with Crippen LogP contribution in [0.2, 0.25) is 0 Å². The zero-order chi connectivity index (χ0) is 17.9. The molecule has 1 atom stereocenters. The first-order chi connectivity index (χ1) is 11.2. The van der Waals surface area contributed by atoms with Crippen LogP contribution in [0.25, 0.3) is 0 Å². The summed E-state index contributed by atoms with van der Waals surface area (Å²) < 4.78 is 50.1. The first-order valence-corrected chi connectivity index (χ1v) is 6.89. The predicted octanol–water partition coefficient (Wildman–Crippen LogP) is 2.96. The molecule has 0 bridgehead atoms. The van der Waals surface area contributed by atoms with Gasteiger partial charge in [-0.25, -0.2) is 4.39 Å². The van der Waals surface area contributed by atoms with Gasteiger partial charge in [-0.1, -0.05) is 0 Å². The molecule has 0 aliphatic rings. The Bertz CT molecular complexity index is 738. The number of aromatic nitrogens is 2. The van der Waals surface area contributed by atoms with Gasteiger partial charge in [-0.15, -0.1) is 0 Å². The molecule has 2 N–H and O–H groups in total. The number of halogens is 4. The summed E-state index contributed by atoms with van der Waals surface area (Å²) in [5.41, 5.74) is -1.29. The molecule has 0 aliphatic heterocycles. The van der Waals surface area contributed by atoms with E-state index in [0.29, 0.717) is 6.07 Å². The Hall–Kier alpha value is -2.71. The molecule has 0 aliphatic carbocycles. The van der Waals surface area contributed by atoms with Crippen LogP contribution in [0.3, 0.4) is 0 Å². The minimum atomic E-state index is -4.63. The van der Waals surface area contributed by atoms with E-state index in [9.17, 15) is 27.2 Å². The van der Waals surface area contributed by atoms with Crippen molar-refractivity contribution in [1.82, 2.24) is 15.5 Å². The Labute approximate surface area is 134 Å². The van der Waals surface area contributed by atoms with E-state index >= 15 is 0 Å². The molecule has 2 aromatic rings. The van der Waals surface area contributed by atoms with Crippen LogP contribution in [0.15, 0.2) is 30.3 Å². The van der Waals surface area contributed by atoms with E-state index in [0.717, 1.165) is 12.1 Å². The SMILES string of the molecule is CC(CC(=O)c1ccc(F)cc1)NC(=O)c1cc(C(F)(F)F)[nH]n1. The molecule has 0 saturated carbocycles. The Morgan fingerprint density at radius 2 is 1.88 bits per heavy atom. The first kappa shape index (κ1) is 17.6. The highest BCUT2D eigenvalue weighted by Gasteiger charge is 2.33. The Morgan fingerprint density at radius 3 is 2.42 bits per heavy atom. The number of carbonyl (C=O) groups is 2. The lowest BCUT2D eigenvalue weighted by Gasteiger charge is -2.12. The van der Waals surface area contributed by atoms with E-state index < -0.39 is 35.3 Å². The Morgan fingerprint density at radius 1 is 1.25 bits per heavy atom. The van der Waals surface area contributed by atoms with Crippen molar-refractivity contribution >= 4 is 11.7 Å². The Balaban J connectivity index is 1.95. The number of ketones is 1. The number of carbonyl (C=O) groups excluding carboxylic acids is 2. The highest BCUT2D eigenvalue weighted by molar-refractivity contribution is 5.97. The van der Waals surface area contributed by atoms with Gasteiger partial charge in [0.15, 0.2) is 11.5 Å². The van der Waals surface area contributed by atoms with Crippen molar-refractivity contribution in [2.45, 2.75) is 25.6 Å². The van der Waals surface area contributed by atoms with Crippen molar-refractivity contribution in [3.05, 3.63) is 53.1 Å². The van der Waals surface area contributed by atoms with E-state index in [1.807, 2.05) is 0 Å². The van der Waals surface area contributed by atoms with Crippen LogP contribution >= 0.6 is 0 Å². The van der Waals surface area contributed by atoms with Crippen LogP contribution < -0.4 is 5.32 Å². The highest BCUT2D eigenvalue weighted by atomic mass is 19.4. The van der Waals surface area contributed by atoms with Gasteiger partial charge in [-0.3, -0.25) is 14.7 Å². The molecule has 128 valence electrons. The quantitative estimate of drug-likeness (QED) is 0.647. The number of rotatable bonds is 5. The zero-order valence-electron chi connectivity index (χ0n) is 12.4. The van der Waals surface area contributed by atoms with Crippen LogP contribution in [0.5, 0.6) is 0 Å². The minimum Gasteiger partial charge on any atom is -0.348 e. The maximum Gasteiger partial charge on any atom is 0.432 e. The second-order valence-corrected chi connectivity index (χ2v) is 5.17. The normalized spacial score (nSPS) is 12.7. The Kier molecular flexibility index (Phi) is 5.01. The van der Waals surface area contributed by atoms with E-state index in [1.165, 1.54) is 19.1 Å². The molecule has 0 fully saturated rings. The lowest BCUT2D eigenvalue weighted by atomic mass is 10.0. The molecule has 0 spiro atoms. The largest absolute Gasteiger partial charge is 0.432 e. The fourth-order valence-electron chi connectivity index (χ4n) is 1.96. The summed E-state index contributed by atoms with van der Waals surface area (Å²) in [6, 6.07) is 4.85. The number of H-pyrrole nitrogens is 1. The minimum absolute atomic E-state index is 0.0894. The second kappa shape index (κ2) is 6.81. The highest BCUT2D eigenvalue weighted by Crippen LogP contribution is 2.27. The average Bonchev–Trinajstić information content (AvgIpc) is 2.97. The summed E-state index contributed by atoms with van der Waals surface area (Å²) in [6.45, 7) is 1.52. The van der Waals surface area contributed by atoms with Gasteiger partial charge in [0, 0.05) is 24.1 Å². The number of aromatic amines is 1. The van der Waals surface area contributed by atoms with Crippen molar-refractivity contribution in [3.63, 3.8) is 0 Å². The van der Waals surface area contributed by atoms with Crippen LogP contribution in [0.1, 0.15) is 39.9 Å². The van der Waals surface area contributed by atoms with Crippen molar-refractivity contribution < 1.29 is 27.2 Å². The number of nitrogens with one attached hydrogen (secondary N) is 2. The van der Waals surface area contributed by atoms with Crippen molar-refractivity contribution in [3.8, 4) is 0 Å². The van der Waals surface area contributed by atoms with Crippen molar-refractivity contribution in [2.75, 3.05) is 0 Å². The van der Waals surface area contributed by atoms with E-state index in [2.05, 4.69) is 10.4 Å². The van der Waals surface area contributed by atoms with Crippen molar-refractivity contribution in [1.29, 1.82) is 0 Å². The summed E-state index contributed by atoms with van der Waals surface area (Å²) in [7, 11) is 0. The fraction of sp³-hybridized carbons (Fsp3) is 0.267. The third-order valence-electron chi connectivity index (χ3n) is 3.15. The van der Waals surface area contributed by atoms with Gasteiger partial charge in [-0.05, 0) is 31.2 Å². The van der Waals surface area contributed by atoms with Gasteiger partial charge < -0.3 is 5.32 Å².